The number of carbonyl (C=O) groups is 1. The van der Waals surface area contributed by atoms with Crippen LogP contribution in [0.4, 0.5) is 5.69 Å². The third-order valence-electron chi connectivity index (χ3n) is 4.82. The number of hydrogen-bond donors (Lipinski definition) is 3. The van der Waals surface area contributed by atoms with Crippen LogP contribution in [0.2, 0.25) is 5.02 Å². The molecule has 4 N–H and O–H groups in total. The molecular weight excluding hydrogens is 478 g/mol. The van der Waals surface area contributed by atoms with Crippen molar-refractivity contribution in [3.05, 3.63) is 95.1 Å². The number of nitrogens with zero attached hydrogens (tertiary/aromatic N) is 3. The lowest BCUT2D eigenvalue weighted by Crippen LogP contribution is -2.12. The minimum atomic E-state index is -3.80. The molecule has 0 unspecified atom stereocenters. The highest BCUT2D eigenvalue weighted by Gasteiger charge is 2.13. The molecule has 0 bridgehead atoms. The zero-order valence-corrected chi connectivity index (χ0v) is 19.0. The summed E-state index contributed by atoms with van der Waals surface area (Å²) in [7, 11) is -3.80. The van der Waals surface area contributed by atoms with Gasteiger partial charge in [-0.15, -0.1) is 0 Å². The van der Waals surface area contributed by atoms with Crippen LogP contribution >= 0.6 is 11.6 Å². The van der Waals surface area contributed by atoms with Crippen LogP contribution in [-0.4, -0.2) is 35.5 Å². The smallest absolute Gasteiger partial charge is 0.335 e. The van der Waals surface area contributed by atoms with E-state index in [2.05, 4.69) is 15.6 Å². The van der Waals surface area contributed by atoms with Gasteiger partial charge >= 0.3 is 5.97 Å². The van der Waals surface area contributed by atoms with Gasteiger partial charge in [-0.25, -0.2) is 23.0 Å². The van der Waals surface area contributed by atoms with Gasteiger partial charge in [0.15, 0.2) is 0 Å². The first-order valence-corrected chi connectivity index (χ1v) is 11.7. The summed E-state index contributed by atoms with van der Waals surface area (Å²) in [6.07, 6.45) is 3.33. The number of anilines is 1. The Hall–Kier alpha value is -3.99. The summed E-state index contributed by atoms with van der Waals surface area (Å²) in [5.41, 5.74) is 6.37. The van der Waals surface area contributed by atoms with E-state index in [1.165, 1.54) is 24.3 Å². The fourth-order valence-corrected chi connectivity index (χ4v) is 3.74. The van der Waals surface area contributed by atoms with E-state index in [1.807, 2.05) is 12.1 Å². The molecule has 11 heteroatoms. The first kappa shape index (κ1) is 23.2. The van der Waals surface area contributed by atoms with Crippen LogP contribution < -0.4 is 10.6 Å². The van der Waals surface area contributed by atoms with E-state index < -0.39 is 16.0 Å². The Morgan fingerprint density at radius 1 is 1.03 bits per heavy atom. The zero-order valence-electron chi connectivity index (χ0n) is 17.5. The molecule has 0 radical (unpaired) electrons. The number of sulfonamides is 1. The maximum atomic E-state index is 11.5. The molecule has 0 saturated carbocycles. The number of halogens is 1. The van der Waals surface area contributed by atoms with E-state index in [0.29, 0.717) is 27.7 Å². The Morgan fingerprint density at radius 2 is 1.68 bits per heavy atom. The molecule has 172 valence electrons. The third kappa shape index (κ3) is 5.31. The van der Waals surface area contributed by atoms with Crippen molar-refractivity contribution >= 4 is 39.5 Å². The van der Waals surface area contributed by atoms with Crippen LogP contribution in [0, 0.1) is 0 Å². The quantitative estimate of drug-likeness (QED) is 0.261. The van der Waals surface area contributed by atoms with Crippen molar-refractivity contribution in [1.82, 2.24) is 9.78 Å². The van der Waals surface area contributed by atoms with Crippen LogP contribution in [0.5, 0.6) is 0 Å². The summed E-state index contributed by atoms with van der Waals surface area (Å²) in [6, 6.07) is 19.3. The van der Waals surface area contributed by atoms with Crippen molar-refractivity contribution in [2.24, 2.45) is 10.2 Å². The molecule has 0 aliphatic carbocycles. The Kier molecular flexibility index (Phi) is 6.46. The summed E-state index contributed by atoms with van der Waals surface area (Å²) < 4.78 is 24.7. The molecule has 0 aliphatic heterocycles. The van der Waals surface area contributed by atoms with Crippen LogP contribution in [0.1, 0.15) is 15.9 Å². The molecule has 0 spiro atoms. The van der Waals surface area contributed by atoms with Gasteiger partial charge in [-0.2, -0.15) is 10.2 Å². The van der Waals surface area contributed by atoms with Gasteiger partial charge in [-0.1, -0.05) is 23.7 Å². The number of rotatable bonds is 7. The predicted molar refractivity (Wildman–Crippen MR) is 130 cm³/mol. The second-order valence-corrected chi connectivity index (χ2v) is 9.17. The fourth-order valence-electron chi connectivity index (χ4n) is 3.10. The number of carboxylic acid groups (broad SMARTS) is 1. The second-order valence-electron chi connectivity index (χ2n) is 7.18. The van der Waals surface area contributed by atoms with Gasteiger partial charge in [-0.3, -0.25) is 5.43 Å². The van der Waals surface area contributed by atoms with Crippen LogP contribution in [0.25, 0.3) is 16.9 Å². The number of carboxylic acids is 1. The molecule has 0 atom stereocenters. The molecule has 0 aliphatic rings. The minimum absolute atomic E-state index is 0.00114. The number of nitrogens with one attached hydrogen (secondary N) is 1. The Balaban J connectivity index is 1.66. The van der Waals surface area contributed by atoms with Crippen molar-refractivity contribution in [1.29, 1.82) is 0 Å². The van der Waals surface area contributed by atoms with Crippen LogP contribution in [-0.2, 0) is 10.0 Å². The molecule has 4 rings (SSSR count). The van der Waals surface area contributed by atoms with Crippen molar-refractivity contribution in [2.45, 2.75) is 4.90 Å². The lowest BCUT2D eigenvalue weighted by molar-refractivity contribution is 0.0697. The van der Waals surface area contributed by atoms with Crippen molar-refractivity contribution in [3.63, 3.8) is 0 Å². The van der Waals surface area contributed by atoms with E-state index in [0.717, 1.165) is 5.56 Å². The van der Waals surface area contributed by atoms with Crippen molar-refractivity contribution in [2.75, 3.05) is 5.43 Å². The van der Waals surface area contributed by atoms with Crippen LogP contribution in [0.3, 0.4) is 0 Å². The molecule has 0 saturated heterocycles. The van der Waals surface area contributed by atoms with Gasteiger partial charge in [0.1, 0.15) is 5.69 Å². The summed E-state index contributed by atoms with van der Waals surface area (Å²) >= 11 is 6.02. The normalized spacial score (nSPS) is 11.6. The van der Waals surface area contributed by atoms with Gasteiger partial charge in [0.25, 0.3) is 0 Å². The first-order chi connectivity index (χ1) is 16.2. The predicted octanol–water partition coefficient (Wildman–Crippen LogP) is 3.98. The first-order valence-electron chi connectivity index (χ1n) is 9.82. The SMILES string of the molecule is NS(=O)(=O)c1ccc(-n2cc(/C=N/Nc3ccc(C(=O)O)cc3)c(-c3ccc(Cl)cc3)n2)cc1. The zero-order chi connectivity index (χ0) is 24.3. The average Bonchev–Trinajstić information content (AvgIpc) is 3.23. The molecule has 34 heavy (non-hydrogen) atoms. The minimum Gasteiger partial charge on any atom is -0.478 e. The molecule has 0 amide bonds. The van der Waals surface area contributed by atoms with Crippen LogP contribution in [0.15, 0.2) is 89.0 Å². The lowest BCUT2D eigenvalue weighted by Gasteiger charge is -2.03. The highest BCUT2D eigenvalue weighted by Crippen LogP contribution is 2.25. The van der Waals surface area contributed by atoms with Gasteiger partial charge in [0.05, 0.1) is 28.0 Å². The second kappa shape index (κ2) is 9.48. The topological polar surface area (TPSA) is 140 Å². The monoisotopic (exact) mass is 495 g/mol. The lowest BCUT2D eigenvalue weighted by atomic mass is 10.1. The van der Waals surface area contributed by atoms with Crippen molar-refractivity contribution < 1.29 is 18.3 Å². The number of hydrogen-bond acceptors (Lipinski definition) is 6. The summed E-state index contributed by atoms with van der Waals surface area (Å²) in [4.78, 5) is 11.0. The molecular formula is C23H18ClN5O4S. The average molecular weight is 496 g/mol. The highest BCUT2D eigenvalue weighted by molar-refractivity contribution is 7.89. The van der Waals surface area contributed by atoms with E-state index in [1.54, 1.807) is 53.5 Å². The van der Waals surface area contributed by atoms with E-state index in [9.17, 15) is 13.2 Å². The van der Waals surface area contributed by atoms with Gasteiger partial charge in [-0.05, 0) is 60.7 Å². The standard InChI is InChI=1S/C23H18ClN5O4S/c24-18-5-1-15(2-6-18)22-17(13-26-27-19-7-3-16(4-8-19)23(30)31)14-29(28-22)20-9-11-21(12-10-20)34(25,32)33/h1-14,27H,(H,30,31)(H2,25,32,33)/b26-13+. The maximum Gasteiger partial charge on any atom is 0.335 e. The summed E-state index contributed by atoms with van der Waals surface area (Å²) in [6.45, 7) is 0. The largest absolute Gasteiger partial charge is 0.478 e. The number of primary sulfonamides is 1. The summed E-state index contributed by atoms with van der Waals surface area (Å²) in [5, 5.41) is 23.6. The van der Waals surface area contributed by atoms with Gasteiger partial charge in [0, 0.05) is 22.3 Å². The molecule has 9 nitrogen and oxygen atoms in total. The molecule has 0 fully saturated rings. The number of benzene rings is 3. The van der Waals surface area contributed by atoms with Gasteiger partial charge in [0.2, 0.25) is 10.0 Å². The molecule has 4 aromatic rings. The summed E-state index contributed by atoms with van der Waals surface area (Å²) in [5.74, 6) is -1.01. The molecule has 1 heterocycles. The Labute approximate surface area is 200 Å². The Bertz CT molecular complexity index is 1460. The number of aromatic nitrogens is 2. The van der Waals surface area contributed by atoms with E-state index >= 15 is 0 Å². The number of hydrazone groups is 1. The van der Waals surface area contributed by atoms with E-state index in [-0.39, 0.29) is 10.5 Å². The van der Waals surface area contributed by atoms with Gasteiger partial charge < -0.3 is 5.11 Å². The fraction of sp³-hybridized carbons (Fsp3) is 0. The van der Waals surface area contributed by atoms with E-state index in [4.69, 9.17) is 21.8 Å². The van der Waals surface area contributed by atoms with Crippen molar-refractivity contribution in [3.8, 4) is 16.9 Å². The number of nitrogens with two attached hydrogens (primary N) is 1. The molecule has 1 aromatic heterocycles. The Morgan fingerprint density at radius 3 is 2.26 bits per heavy atom. The number of aromatic carboxylic acids is 1. The maximum absolute atomic E-state index is 11.5. The molecule has 3 aromatic carbocycles. The third-order valence-corrected chi connectivity index (χ3v) is 6.00. The highest BCUT2D eigenvalue weighted by atomic mass is 35.5.